The van der Waals surface area contributed by atoms with Crippen molar-refractivity contribution in [3.8, 4) is 11.5 Å². The van der Waals surface area contributed by atoms with Gasteiger partial charge in [-0.15, -0.1) is 0 Å². The van der Waals surface area contributed by atoms with Gasteiger partial charge in [-0.1, -0.05) is 32.0 Å². The molecule has 2 heterocycles. The molecule has 0 aromatic heterocycles. The number of hydrogen-bond donors (Lipinski definition) is 0. The second-order valence-corrected chi connectivity index (χ2v) is 14.9. The molecule has 262 valence electrons. The number of ether oxygens (including phenoxy) is 3. The number of piperidine rings is 1. The van der Waals surface area contributed by atoms with Gasteiger partial charge in [0.1, 0.15) is 11.7 Å². The number of carbonyl (C=O) groups is 3. The first-order chi connectivity index (χ1) is 23.2. The van der Waals surface area contributed by atoms with E-state index in [0.717, 1.165) is 36.3 Å². The van der Waals surface area contributed by atoms with E-state index in [4.69, 9.17) is 14.2 Å². The van der Waals surface area contributed by atoms with Crippen LogP contribution in [0, 0.1) is 11.8 Å². The van der Waals surface area contributed by atoms with Gasteiger partial charge in [0, 0.05) is 38.6 Å². The summed E-state index contributed by atoms with van der Waals surface area (Å²) in [5.41, 5.74) is -0.297. The average Bonchev–Trinajstić information content (AvgIpc) is 3.77. The Hall–Kier alpha value is -3.86. The number of rotatable bonds is 9. The highest BCUT2D eigenvalue weighted by molar-refractivity contribution is 5.92. The predicted molar refractivity (Wildman–Crippen MR) is 175 cm³/mol. The highest BCUT2D eigenvalue weighted by Crippen LogP contribution is 2.67. The Morgan fingerprint density at radius 3 is 2.53 bits per heavy atom. The number of hydrogen-bond acceptors (Lipinski definition) is 7. The smallest absolute Gasteiger partial charge is 0.416 e. The number of benzene rings is 2. The minimum Gasteiger partial charge on any atom is -0.483 e. The fourth-order valence-corrected chi connectivity index (χ4v) is 9.30. The van der Waals surface area contributed by atoms with Crippen molar-refractivity contribution in [2.45, 2.75) is 102 Å². The number of esters is 2. The number of carbonyl (C=O) groups excluding carboxylic acids is 3. The predicted octanol–water partition coefficient (Wildman–Crippen LogP) is 6.33. The zero-order valence-electron chi connectivity index (χ0n) is 28.3. The largest absolute Gasteiger partial charge is 0.483 e. The summed E-state index contributed by atoms with van der Waals surface area (Å²) in [6.07, 6.45) is 2.27. The maximum absolute atomic E-state index is 14.2. The normalized spacial score (nSPS) is 28.6. The van der Waals surface area contributed by atoms with Gasteiger partial charge in [-0.05, 0) is 92.3 Å². The molecule has 8 nitrogen and oxygen atoms in total. The van der Waals surface area contributed by atoms with Gasteiger partial charge in [0.15, 0.2) is 11.5 Å². The molecule has 7 rings (SSSR count). The summed E-state index contributed by atoms with van der Waals surface area (Å²) in [6, 6.07) is 8.10. The maximum atomic E-state index is 14.2. The van der Waals surface area contributed by atoms with Gasteiger partial charge in [-0.2, -0.15) is 13.2 Å². The molecular weight excluding hydrogens is 637 g/mol. The lowest BCUT2D eigenvalue weighted by atomic mass is 9.48. The third-order valence-corrected chi connectivity index (χ3v) is 11.1. The molecule has 49 heavy (non-hydrogen) atoms. The van der Waals surface area contributed by atoms with Gasteiger partial charge in [0.05, 0.1) is 23.1 Å². The van der Waals surface area contributed by atoms with Gasteiger partial charge < -0.3 is 19.1 Å². The summed E-state index contributed by atoms with van der Waals surface area (Å²) in [7, 11) is 0. The van der Waals surface area contributed by atoms with Crippen molar-refractivity contribution in [1.82, 2.24) is 9.80 Å². The Kier molecular flexibility index (Phi) is 8.36. The highest BCUT2D eigenvalue weighted by atomic mass is 19.4. The van der Waals surface area contributed by atoms with Crippen LogP contribution >= 0.6 is 0 Å². The molecule has 2 bridgehead atoms. The third kappa shape index (κ3) is 5.71. The fourth-order valence-electron chi connectivity index (χ4n) is 9.30. The van der Waals surface area contributed by atoms with Crippen molar-refractivity contribution in [3.05, 3.63) is 64.7 Å². The molecule has 1 spiro atoms. The Morgan fingerprint density at radius 2 is 1.86 bits per heavy atom. The first kappa shape index (κ1) is 33.6. The Labute approximate surface area is 284 Å². The van der Waals surface area contributed by atoms with Crippen molar-refractivity contribution in [1.29, 1.82) is 0 Å². The van der Waals surface area contributed by atoms with E-state index in [1.807, 2.05) is 19.9 Å². The summed E-state index contributed by atoms with van der Waals surface area (Å²) in [5.74, 6) is 0.259. The van der Waals surface area contributed by atoms with E-state index in [1.165, 1.54) is 51.0 Å². The van der Waals surface area contributed by atoms with Crippen LogP contribution in [0.15, 0.2) is 42.5 Å². The molecule has 5 atom stereocenters. The van der Waals surface area contributed by atoms with Crippen molar-refractivity contribution in [2.24, 2.45) is 11.8 Å². The van der Waals surface area contributed by atoms with Crippen LogP contribution in [0.4, 0.5) is 13.2 Å². The van der Waals surface area contributed by atoms with E-state index in [-0.39, 0.29) is 29.4 Å². The summed E-state index contributed by atoms with van der Waals surface area (Å²) in [6.45, 7) is 8.88. The van der Waals surface area contributed by atoms with Crippen molar-refractivity contribution in [3.63, 3.8) is 0 Å². The standard InChI is InChI=1S/C38H43F3N2O6/c1-22(2)20-43(32(46)13-10-25-6-5-7-28(18-25)38(39,40)41)29-14-15-37(49-24(4)45)31-19-27-11-12-30(47-23(3)44)34-33(27)36(37,35(29)48-34)16-17-42(31)21-26-8-9-26/h5-7,10-13,18,22,26,29,31,35H,8-9,14-17,19-21H2,1-4H3/t29-,31-,35+,36+,37-/m1/s1. The van der Waals surface area contributed by atoms with E-state index in [0.29, 0.717) is 49.6 Å². The number of nitrogens with zero attached hydrogens (tertiary/aromatic N) is 2. The van der Waals surface area contributed by atoms with E-state index >= 15 is 0 Å². The number of halogens is 3. The molecule has 2 aromatic carbocycles. The zero-order chi connectivity index (χ0) is 34.9. The van der Waals surface area contributed by atoms with Crippen LogP contribution < -0.4 is 9.47 Å². The minimum atomic E-state index is -4.50. The van der Waals surface area contributed by atoms with Crippen LogP contribution in [0.1, 0.15) is 82.1 Å². The quantitative estimate of drug-likeness (QED) is 0.174. The second-order valence-electron chi connectivity index (χ2n) is 14.9. The Balaban J connectivity index is 1.32. The lowest BCUT2D eigenvalue weighted by molar-refractivity contribution is -0.224. The lowest BCUT2D eigenvalue weighted by Gasteiger charge is -2.65. The average molecular weight is 681 g/mol. The molecule has 0 N–H and O–H groups in total. The van der Waals surface area contributed by atoms with E-state index < -0.39 is 40.9 Å². The number of alkyl halides is 3. The van der Waals surface area contributed by atoms with E-state index in [2.05, 4.69) is 4.90 Å². The Bertz CT molecular complexity index is 1700. The number of amides is 1. The van der Waals surface area contributed by atoms with Gasteiger partial charge in [-0.3, -0.25) is 19.3 Å². The Morgan fingerprint density at radius 1 is 1.08 bits per heavy atom. The lowest BCUT2D eigenvalue weighted by Crippen LogP contribution is -2.79. The van der Waals surface area contributed by atoms with Gasteiger partial charge >= 0.3 is 18.1 Å². The monoisotopic (exact) mass is 680 g/mol. The molecule has 2 aliphatic heterocycles. The van der Waals surface area contributed by atoms with Crippen LogP contribution in [0.5, 0.6) is 11.5 Å². The van der Waals surface area contributed by atoms with Gasteiger partial charge in [-0.25, -0.2) is 0 Å². The van der Waals surface area contributed by atoms with E-state index in [1.54, 1.807) is 11.0 Å². The first-order valence-corrected chi connectivity index (χ1v) is 17.3. The molecule has 2 saturated carbocycles. The summed E-state index contributed by atoms with van der Waals surface area (Å²) in [5, 5.41) is 0. The third-order valence-electron chi connectivity index (χ3n) is 11.1. The van der Waals surface area contributed by atoms with Gasteiger partial charge in [0.2, 0.25) is 5.91 Å². The van der Waals surface area contributed by atoms with Gasteiger partial charge in [0.25, 0.3) is 0 Å². The maximum Gasteiger partial charge on any atom is 0.416 e. The zero-order valence-corrected chi connectivity index (χ0v) is 28.3. The fraction of sp³-hybridized carbons (Fsp3) is 0.553. The van der Waals surface area contributed by atoms with Crippen molar-refractivity contribution >= 4 is 23.9 Å². The topological polar surface area (TPSA) is 85.4 Å². The molecule has 1 amide bonds. The number of likely N-dealkylation sites (tertiary alicyclic amines) is 1. The molecule has 5 aliphatic rings. The first-order valence-electron chi connectivity index (χ1n) is 17.3. The van der Waals surface area contributed by atoms with Crippen LogP contribution in [0.3, 0.4) is 0 Å². The molecule has 3 aliphatic carbocycles. The summed E-state index contributed by atoms with van der Waals surface area (Å²) >= 11 is 0. The molecule has 1 saturated heterocycles. The molecule has 11 heteroatoms. The van der Waals surface area contributed by atoms with Crippen molar-refractivity contribution < 1.29 is 41.8 Å². The van der Waals surface area contributed by atoms with Crippen molar-refractivity contribution in [2.75, 3.05) is 19.6 Å². The molecule has 0 unspecified atom stereocenters. The molecular formula is C38H43F3N2O6. The molecule has 3 fully saturated rings. The van der Waals surface area contributed by atoms with Crippen LogP contribution in [0.2, 0.25) is 0 Å². The highest BCUT2D eigenvalue weighted by Gasteiger charge is 2.76. The molecule has 2 aromatic rings. The van der Waals surface area contributed by atoms with Crippen LogP contribution in [-0.4, -0.2) is 71.1 Å². The summed E-state index contributed by atoms with van der Waals surface area (Å²) in [4.78, 5) is 43.8. The van der Waals surface area contributed by atoms with E-state index in [9.17, 15) is 27.6 Å². The minimum absolute atomic E-state index is 0.0685. The van der Waals surface area contributed by atoms with Crippen LogP contribution in [-0.2, 0) is 37.1 Å². The molecule has 0 radical (unpaired) electrons. The SMILES string of the molecule is CC(=O)Oc1ccc2c3c1O[C@H]1[C@H](N(CC(C)C)C(=O)C=Cc4cccc(C(F)(F)F)c4)CC[C@@]4(OC(C)=O)[C@@H](C2)N(CC2CC2)CC[C@]314. The second kappa shape index (κ2) is 12.2. The van der Waals surface area contributed by atoms with Crippen LogP contribution in [0.25, 0.3) is 6.08 Å². The summed E-state index contributed by atoms with van der Waals surface area (Å²) < 4.78 is 59.5.